The highest BCUT2D eigenvalue weighted by molar-refractivity contribution is 6.61. The summed E-state index contributed by atoms with van der Waals surface area (Å²) >= 11 is 0. The van der Waals surface area contributed by atoms with Gasteiger partial charge < -0.3 is 19.2 Å². The molecular formula is C17H18BO5+. The van der Waals surface area contributed by atoms with Crippen LogP contribution >= 0.6 is 0 Å². The zero-order valence-corrected chi connectivity index (χ0v) is 12.9. The second-order valence-electron chi connectivity index (χ2n) is 5.31. The van der Waals surface area contributed by atoms with E-state index in [-0.39, 0.29) is 5.97 Å². The highest BCUT2D eigenvalue weighted by atomic mass is 16.5. The average molecular weight is 313 g/mol. The second-order valence-corrected chi connectivity index (χ2v) is 5.31. The number of carbonyl (C=O) groups is 1. The van der Waals surface area contributed by atoms with Gasteiger partial charge in [-0.05, 0) is 48.4 Å². The number of hydrogen-bond acceptors (Lipinski definition) is 4. The molecule has 1 aliphatic rings. The van der Waals surface area contributed by atoms with Gasteiger partial charge in [-0.15, -0.1) is 0 Å². The molecule has 0 aromatic heterocycles. The van der Waals surface area contributed by atoms with Crippen LogP contribution < -0.4 is 10.2 Å². The molecule has 118 valence electrons. The minimum atomic E-state index is -0.604. The third-order valence-electron chi connectivity index (χ3n) is 3.57. The Labute approximate surface area is 134 Å². The van der Waals surface area contributed by atoms with Gasteiger partial charge in [0.2, 0.25) is 0 Å². The van der Waals surface area contributed by atoms with Crippen LogP contribution in [0.3, 0.4) is 0 Å². The van der Waals surface area contributed by atoms with Crippen LogP contribution in [-0.4, -0.2) is 24.7 Å². The Balaban J connectivity index is 1.68. The quantitative estimate of drug-likeness (QED) is 0.481. The number of rotatable bonds is 5. The van der Waals surface area contributed by atoms with E-state index in [1.807, 2.05) is 25.1 Å². The third-order valence-corrected chi connectivity index (χ3v) is 3.57. The van der Waals surface area contributed by atoms with Crippen molar-refractivity contribution in [2.45, 2.75) is 20.0 Å². The largest absolute Gasteiger partial charge is 0.731 e. The summed E-state index contributed by atoms with van der Waals surface area (Å²) in [5.74, 6) is 0.996. The van der Waals surface area contributed by atoms with Crippen molar-refractivity contribution in [2.24, 2.45) is 0 Å². The summed E-state index contributed by atoms with van der Waals surface area (Å²) in [5, 5.41) is 7.71. The van der Waals surface area contributed by atoms with Crippen molar-refractivity contribution in [1.29, 1.82) is 0 Å². The van der Waals surface area contributed by atoms with Gasteiger partial charge in [0.1, 0.15) is 11.5 Å². The maximum Gasteiger partial charge on any atom is 0.731 e. The fourth-order valence-electron chi connectivity index (χ4n) is 2.36. The molecule has 0 saturated heterocycles. The first-order valence-electron chi connectivity index (χ1n) is 7.58. The number of ether oxygens (including phenoxy) is 2. The molecule has 1 heterocycles. The van der Waals surface area contributed by atoms with Crippen molar-refractivity contribution in [2.75, 3.05) is 6.61 Å². The lowest BCUT2D eigenvalue weighted by molar-refractivity contribution is 0.0505. The van der Waals surface area contributed by atoms with Gasteiger partial charge in [0, 0.05) is 0 Å². The van der Waals surface area contributed by atoms with Gasteiger partial charge in [0.05, 0.1) is 24.2 Å². The van der Waals surface area contributed by atoms with E-state index < -0.39 is 7.12 Å². The number of hydrogen-bond donors (Lipinski definition) is 0. The SMILES string of the molecule is CCCOC(=O)c1ccc(Oc2ccc3c(c2)COB3[OH2+])cc1. The Kier molecular flexibility index (Phi) is 4.64. The predicted molar refractivity (Wildman–Crippen MR) is 87.3 cm³/mol. The molecule has 0 spiro atoms. The van der Waals surface area contributed by atoms with Gasteiger partial charge in [-0.3, -0.25) is 0 Å². The highest BCUT2D eigenvalue weighted by Gasteiger charge is 2.36. The molecule has 0 unspecified atom stereocenters. The van der Waals surface area contributed by atoms with Gasteiger partial charge in [-0.25, -0.2) is 4.79 Å². The molecule has 3 rings (SSSR count). The van der Waals surface area contributed by atoms with E-state index in [1.54, 1.807) is 24.3 Å². The van der Waals surface area contributed by atoms with Crippen LogP contribution in [0.15, 0.2) is 42.5 Å². The molecule has 2 aromatic rings. The van der Waals surface area contributed by atoms with Crippen molar-refractivity contribution in [3.05, 3.63) is 53.6 Å². The lowest BCUT2D eigenvalue weighted by Crippen LogP contribution is -2.27. The Morgan fingerprint density at radius 2 is 1.96 bits per heavy atom. The summed E-state index contributed by atoms with van der Waals surface area (Å²) in [6, 6.07) is 12.4. The van der Waals surface area contributed by atoms with Crippen LogP contribution in [0.4, 0.5) is 0 Å². The Hall–Kier alpha value is -2.31. The van der Waals surface area contributed by atoms with Crippen molar-refractivity contribution >= 4 is 18.6 Å². The van der Waals surface area contributed by atoms with Gasteiger partial charge in [0.25, 0.3) is 0 Å². The molecule has 0 aliphatic carbocycles. The topological polar surface area (TPSA) is 67.7 Å². The monoisotopic (exact) mass is 313 g/mol. The van der Waals surface area contributed by atoms with Crippen LogP contribution in [-0.2, 0) is 16.0 Å². The molecule has 23 heavy (non-hydrogen) atoms. The summed E-state index contributed by atoms with van der Waals surface area (Å²) < 4.78 is 16.1. The normalized spacial score (nSPS) is 12.9. The fraction of sp³-hybridized carbons (Fsp3) is 0.235. The van der Waals surface area contributed by atoms with E-state index >= 15 is 0 Å². The molecule has 2 N–H and O–H groups in total. The number of benzene rings is 2. The maximum atomic E-state index is 11.7. The first-order chi connectivity index (χ1) is 11.2. The van der Waals surface area contributed by atoms with Crippen LogP contribution in [0.25, 0.3) is 0 Å². The van der Waals surface area contributed by atoms with Crippen LogP contribution in [0.2, 0.25) is 0 Å². The zero-order chi connectivity index (χ0) is 16.2. The summed E-state index contributed by atoms with van der Waals surface area (Å²) in [5.41, 5.74) is 2.36. The Bertz CT molecular complexity index is 699. The van der Waals surface area contributed by atoms with Gasteiger partial charge in [0.15, 0.2) is 0 Å². The molecule has 2 aromatic carbocycles. The smallest absolute Gasteiger partial charge is 0.522 e. The molecule has 1 aliphatic heterocycles. The molecule has 5 nitrogen and oxygen atoms in total. The second kappa shape index (κ2) is 6.85. The van der Waals surface area contributed by atoms with Crippen molar-refractivity contribution in [3.8, 4) is 11.5 Å². The number of esters is 1. The maximum absolute atomic E-state index is 11.7. The third kappa shape index (κ3) is 3.55. The van der Waals surface area contributed by atoms with E-state index in [2.05, 4.69) is 0 Å². The summed E-state index contributed by atoms with van der Waals surface area (Å²) in [4.78, 5) is 11.7. The highest BCUT2D eigenvalue weighted by Crippen LogP contribution is 2.24. The van der Waals surface area contributed by atoms with E-state index in [1.165, 1.54) is 0 Å². The van der Waals surface area contributed by atoms with E-state index in [0.717, 1.165) is 17.4 Å². The van der Waals surface area contributed by atoms with E-state index in [0.29, 0.717) is 30.3 Å². The summed E-state index contributed by atoms with van der Waals surface area (Å²) in [6.45, 7) is 2.81. The van der Waals surface area contributed by atoms with E-state index in [9.17, 15) is 4.79 Å². The van der Waals surface area contributed by atoms with E-state index in [4.69, 9.17) is 19.2 Å². The van der Waals surface area contributed by atoms with Crippen molar-refractivity contribution in [1.82, 2.24) is 0 Å². The lowest BCUT2D eigenvalue weighted by Gasteiger charge is -2.08. The molecule has 0 amide bonds. The van der Waals surface area contributed by atoms with Crippen LogP contribution in [0, 0.1) is 0 Å². The molecular weight excluding hydrogens is 295 g/mol. The Morgan fingerprint density at radius 1 is 1.22 bits per heavy atom. The van der Waals surface area contributed by atoms with Gasteiger partial charge in [-0.1, -0.05) is 13.0 Å². The molecule has 0 fully saturated rings. The molecule has 0 atom stereocenters. The standard InChI is InChI=1S/C17H17BO5/c1-2-9-21-17(19)12-3-5-14(6-4-12)23-15-7-8-16-13(10-15)11-22-18(16)20/h3-8,10,20H,2,9,11H2,1H3/p+1. The first-order valence-corrected chi connectivity index (χ1v) is 7.58. The number of fused-ring (bicyclic) bond motifs is 1. The fourth-order valence-corrected chi connectivity index (χ4v) is 2.36. The number of carbonyl (C=O) groups excluding carboxylic acids is 1. The zero-order valence-electron chi connectivity index (χ0n) is 12.9. The molecule has 0 saturated carbocycles. The van der Waals surface area contributed by atoms with Crippen molar-refractivity contribution in [3.63, 3.8) is 0 Å². The minimum absolute atomic E-state index is 0.324. The Morgan fingerprint density at radius 3 is 2.70 bits per heavy atom. The molecule has 0 radical (unpaired) electrons. The summed E-state index contributed by atoms with van der Waals surface area (Å²) in [6.07, 6.45) is 0.800. The molecule has 6 heteroatoms. The van der Waals surface area contributed by atoms with Gasteiger partial charge >= 0.3 is 13.1 Å². The van der Waals surface area contributed by atoms with Gasteiger partial charge in [-0.2, -0.15) is 0 Å². The summed E-state index contributed by atoms with van der Waals surface area (Å²) in [7, 11) is -0.604. The minimum Gasteiger partial charge on any atom is -0.522 e. The molecule has 0 bridgehead atoms. The predicted octanol–water partition coefficient (Wildman–Crippen LogP) is 2.00. The average Bonchev–Trinajstić information content (AvgIpc) is 2.94. The van der Waals surface area contributed by atoms with Crippen molar-refractivity contribution < 1.29 is 23.9 Å². The van der Waals surface area contributed by atoms with Crippen LogP contribution in [0.1, 0.15) is 29.3 Å². The van der Waals surface area contributed by atoms with Crippen LogP contribution in [0.5, 0.6) is 11.5 Å². The first kappa shape index (κ1) is 15.6. The lowest BCUT2D eigenvalue weighted by atomic mass is 9.80.